The highest BCUT2D eigenvalue weighted by Gasteiger charge is 2.55. The van der Waals surface area contributed by atoms with E-state index in [0.29, 0.717) is 16.5 Å². The summed E-state index contributed by atoms with van der Waals surface area (Å²) in [4.78, 5) is 43.2. The lowest BCUT2D eigenvalue weighted by Crippen LogP contribution is -2.31. The van der Waals surface area contributed by atoms with Crippen molar-refractivity contribution in [2.24, 2.45) is 5.92 Å². The molecule has 3 aromatic rings. The van der Waals surface area contributed by atoms with Crippen LogP contribution in [0.4, 0.5) is 5.69 Å². The number of nitrogens with zero attached hydrogens (tertiary/aromatic N) is 1. The van der Waals surface area contributed by atoms with E-state index in [1.807, 2.05) is 12.1 Å². The highest BCUT2D eigenvalue weighted by molar-refractivity contribution is 9.10. The van der Waals surface area contributed by atoms with E-state index in [9.17, 15) is 14.4 Å². The van der Waals surface area contributed by atoms with Gasteiger partial charge >= 0.3 is 4.87 Å². The molecule has 2 aromatic heterocycles. The third-order valence-corrected chi connectivity index (χ3v) is 7.92. The van der Waals surface area contributed by atoms with Crippen molar-refractivity contribution in [2.45, 2.75) is 16.2 Å². The molecule has 1 N–H and O–H groups in total. The largest absolute Gasteiger partial charge is 0.465 e. The third-order valence-electron chi connectivity index (χ3n) is 4.97. The van der Waals surface area contributed by atoms with E-state index in [4.69, 9.17) is 4.42 Å². The number of benzene rings is 1. The fourth-order valence-electron chi connectivity index (χ4n) is 3.69. The average Bonchev–Trinajstić information content (AvgIpc) is 3.40. The standard InChI is InChI=1S/C20H13BrN2O4S2/c21-10-3-5-11(6-4-10)23-18(24)14-13(8-7-12-2-1-9-27-12)15-17(22-20(26)29-15)28-16(14)19(23)25/h1-9,13-14,16H,(H,22,26). The van der Waals surface area contributed by atoms with Crippen molar-refractivity contribution < 1.29 is 14.0 Å². The van der Waals surface area contributed by atoms with Gasteiger partial charge in [0.2, 0.25) is 11.8 Å². The number of aromatic amines is 1. The maximum Gasteiger partial charge on any atom is 0.305 e. The van der Waals surface area contributed by atoms with Crippen molar-refractivity contribution in [1.82, 2.24) is 4.98 Å². The van der Waals surface area contributed by atoms with Gasteiger partial charge in [-0.1, -0.05) is 45.1 Å². The summed E-state index contributed by atoms with van der Waals surface area (Å²) in [5, 5.41) is 0.0734. The summed E-state index contributed by atoms with van der Waals surface area (Å²) < 4.78 is 6.22. The van der Waals surface area contributed by atoms with Gasteiger partial charge in [0.05, 0.1) is 22.9 Å². The van der Waals surface area contributed by atoms with Crippen LogP contribution < -0.4 is 9.77 Å². The van der Waals surface area contributed by atoms with Gasteiger partial charge in [-0.15, -0.1) is 0 Å². The number of amides is 2. The van der Waals surface area contributed by atoms with E-state index < -0.39 is 11.2 Å². The first-order valence-corrected chi connectivity index (χ1v) is 11.3. The molecule has 0 aliphatic carbocycles. The number of thioether (sulfide) groups is 1. The average molecular weight is 489 g/mol. The lowest BCUT2D eigenvalue weighted by Gasteiger charge is -2.27. The Morgan fingerprint density at radius 1 is 1.10 bits per heavy atom. The molecular formula is C20H13BrN2O4S2. The van der Waals surface area contributed by atoms with Crippen LogP contribution in [-0.2, 0) is 9.59 Å². The van der Waals surface area contributed by atoms with Crippen LogP contribution in [0.3, 0.4) is 0 Å². The van der Waals surface area contributed by atoms with Crippen LogP contribution in [0.1, 0.15) is 16.6 Å². The first-order valence-electron chi connectivity index (χ1n) is 8.77. The molecular weight excluding hydrogens is 476 g/mol. The Morgan fingerprint density at radius 2 is 1.90 bits per heavy atom. The molecule has 146 valence electrons. The van der Waals surface area contributed by atoms with Gasteiger partial charge in [0.25, 0.3) is 0 Å². The number of imide groups is 1. The molecule has 5 rings (SSSR count). The number of anilines is 1. The van der Waals surface area contributed by atoms with Gasteiger partial charge in [-0.2, -0.15) is 0 Å². The number of carbonyl (C=O) groups excluding carboxylic acids is 2. The van der Waals surface area contributed by atoms with Gasteiger partial charge in [-0.3, -0.25) is 14.4 Å². The van der Waals surface area contributed by atoms with Crippen LogP contribution >= 0.6 is 39.0 Å². The van der Waals surface area contributed by atoms with E-state index in [1.54, 1.807) is 42.7 Å². The Morgan fingerprint density at radius 3 is 2.62 bits per heavy atom. The number of furan rings is 1. The molecule has 2 amide bonds. The van der Waals surface area contributed by atoms with Crippen LogP contribution in [-0.4, -0.2) is 22.0 Å². The van der Waals surface area contributed by atoms with Gasteiger partial charge < -0.3 is 9.40 Å². The van der Waals surface area contributed by atoms with Crippen molar-refractivity contribution in [1.29, 1.82) is 0 Å². The maximum absolute atomic E-state index is 13.4. The van der Waals surface area contributed by atoms with Crippen LogP contribution in [0, 0.1) is 5.92 Å². The molecule has 3 atom stereocenters. The molecule has 0 saturated carbocycles. The topological polar surface area (TPSA) is 83.4 Å². The molecule has 6 nitrogen and oxygen atoms in total. The fraction of sp³-hybridized carbons (Fsp3) is 0.150. The van der Waals surface area contributed by atoms with Gasteiger partial charge in [0.1, 0.15) is 11.0 Å². The number of fused-ring (bicyclic) bond motifs is 2. The Balaban J connectivity index is 1.58. The van der Waals surface area contributed by atoms with Crippen LogP contribution in [0.2, 0.25) is 0 Å². The van der Waals surface area contributed by atoms with E-state index in [0.717, 1.165) is 20.7 Å². The highest BCUT2D eigenvalue weighted by atomic mass is 79.9. The molecule has 3 unspecified atom stereocenters. The predicted molar refractivity (Wildman–Crippen MR) is 115 cm³/mol. The second kappa shape index (κ2) is 7.16. The fourth-order valence-corrected chi connectivity index (χ4v) is 6.45. The molecule has 4 heterocycles. The van der Waals surface area contributed by atoms with Crippen LogP contribution in [0.5, 0.6) is 0 Å². The Hall–Kier alpha value is -2.36. The minimum atomic E-state index is -0.588. The number of halogens is 1. The molecule has 1 fully saturated rings. The zero-order valence-corrected chi connectivity index (χ0v) is 17.9. The molecule has 0 spiro atoms. The zero-order valence-electron chi connectivity index (χ0n) is 14.7. The Kier molecular flexibility index (Phi) is 4.60. The van der Waals surface area contributed by atoms with Crippen LogP contribution in [0.25, 0.3) is 6.08 Å². The number of hydrogen-bond donors (Lipinski definition) is 1. The number of carbonyl (C=O) groups is 2. The number of aromatic nitrogens is 1. The number of H-pyrrole nitrogens is 1. The molecule has 0 radical (unpaired) electrons. The molecule has 0 bridgehead atoms. The first kappa shape index (κ1) is 18.7. The molecule has 2 aliphatic heterocycles. The minimum absolute atomic E-state index is 0.191. The SMILES string of the molecule is O=C1C2Sc3[nH]c(=O)sc3C(C=Cc3ccco3)C2C(=O)N1c1ccc(Br)cc1. The van der Waals surface area contributed by atoms with Crippen molar-refractivity contribution in [2.75, 3.05) is 4.90 Å². The van der Waals surface area contributed by atoms with Gasteiger partial charge in [0.15, 0.2) is 0 Å². The van der Waals surface area contributed by atoms with E-state index in [2.05, 4.69) is 20.9 Å². The van der Waals surface area contributed by atoms with E-state index in [1.165, 1.54) is 16.7 Å². The predicted octanol–water partition coefficient (Wildman–Crippen LogP) is 4.25. The Bertz CT molecular complexity index is 1180. The normalized spacial score (nSPS) is 23.6. The van der Waals surface area contributed by atoms with Gasteiger partial charge in [-0.25, -0.2) is 4.90 Å². The summed E-state index contributed by atoms with van der Waals surface area (Å²) in [7, 11) is 0. The second-order valence-electron chi connectivity index (χ2n) is 6.66. The summed E-state index contributed by atoms with van der Waals surface area (Å²) in [6.07, 6.45) is 5.21. The summed E-state index contributed by atoms with van der Waals surface area (Å²) in [6.45, 7) is 0. The summed E-state index contributed by atoms with van der Waals surface area (Å²) >= 11 is 5.72. The van der Waals surface area contributed by atoms with E-state index >= 15 is 0 Å². The number of hydrogen-bond acceptors (Lipinski definition) is 6. The summed E-state index contributed by atoms with van der Waals surface area (Å²) in [6, 6.07) is 10.7. The molecule has 1 saturated heterocycles. The molecule has 9 heteroatoms. The molecule has 2 aliphatic rings. The van der Waals surface area contributed by atoms with Crippen molar-refractivity contribution in [3.63, 3.8) is 0 Å². The first-order chi connectivity index (χ1) is 14.0. The van der Waals surface area contributed by atoms with Crippen molar-refractivity contribution >= 4 is 62.6 Å². The van der Waals surface area contributed by atoms with Crippen molar-refractivity contribution in [3.05, 3.63) is 73.5 Å². The minimum Gasteiger partial charge on any atom is -0.465 e. The number of rotatable bonds is 3. The third kappa shape index (κ3) is 3.13. The monoisotopic (exact) mass is 488 g/mol. The molecule has 1 aromatic carbocycles. The number of thiazole rings is 1. The van der Waals surface area contributed by atoms with Crippen LogP contribution in [0.15, 0.2) is 67.4 Å². The number of nitrogens with one attached hydrogen (secondary N) is 1. The van der Waals surface area contributed by atoms with E-state index in [-0.39, 0.29) is 22.6 Å². The quantitative estimate of drug-likeness (QED) is 0.557. The van der Waals surface area contributed by atoms with Gasteiger partial charge in [-0.05, 0) is 42.5 Å². The van der Waals surface area contributed by atoms with Gasteiger partial charge in [0, 0.05) is 15.3 Å². The zero-order chi connectivity index (χ0) is 20.1. The second-order valence-corrected chi connectivity index (χ2v) is 9.74. The summed E-state index contributed by atoms with van der Waals surface area (Å²) in [5.74, 6) is -0.842. The smallest absolute Gasteiger partial charge is 0.305 e. The lowest BCUT2D eigenvalue weighted by molar-refractivity contribution is -0.122. The lowest BCUT2D eigenvalue weighted by atomic mass is 9.88. The number of allylic oxidation sites excluding steroid dienone is 1. The molecule has 29 heavy (non-hydrogen) atoms. The summed E-state index contributed by atoms with van der Waals surface area (Å²) in [5.41, 5.74) is 0.545. The maximum atomic E-state index is 13.4. The van der Waals surface area contributed by atoms with Crippen molar-refractivity contribution in [3.8, 4) is 0 Å². The highest BCUT2D eigenvalue weighted by Crippen LogP contribution is 2.51. The Labute approximate surface area is 181 Å².